The minimum atomic E-state index is -0.390. The highest BCUT2D eigenvalue weighted by Crippen LogP contribution is 2.31. The van der Waals surface area contributed by atoms with Crippen LogP contribution < -0.4 is 10.2 Å². The summed E-state index contributed by atoms with van der Waals surface area (Å²) in [6.45, 7) is 6.17. The van der Waals surface area contributed by atoms with E-state index in [1.807, 2.05) is 26.0 Å². The molecule has 1 aromatic heterocycles. The van der Waals surface area contributed by atoms with Crippen LogP contribution in [0.1, 0.15) is 30.7 Å². The molecule has 5 nitrogen and oxygen atoms in total. The van der Waals surface area contributed by atoms with E-state index in [9.17, 15) is 9.18 Å². The Kier molecular flexibility index (Phi) is 4.83. The van der Waals surface area contributed by atoms with Gasteiger partial charge < -0.3 is 10.2 Å². The zero-order chi connectivity index (χ0) is 17.1. The molecule has 1 aromatic carbocycles. The van der Waals surface area contributed by atoms with Crippen LogP contribution in [0.5, 0.6) is 0 Å². The highest BCUT2D eigenvalue weighted by atomic mass is 19.1. The molecule has 0 bridgehead atoms. The van der Waals surface area contributed by atoms with Crippen molar-refractivity contribution >= 4 is 17.3 Å². The molecule has 0 atom stereocenters. The molecule has 6 heteroatoms. The van der Waals surface area contributed by atoms with Crippen molar-refractivity contribution in [3.63, 3.8) is 0 Å². The number of anilines is 2. The van der Waals surface area contributed by atoms with Crippen LogP contribution in [-0.4, -0.2) is 28.8 Å². The van der Waals surface area contributed by atoms with Gasteiger partial charge in [-0.1, -0.05) is 6.07 Å². The van der Waals surface area contributed by atoms with Crippen LogP contribution in [0.2, 0.25) is 0 Å². The van der Waals surface area contributed by atoms with Crippen molar-refractivity contribution in [2.75, 3.05) is 23.3 Å². The van der Waals surface area contributed by atoms with Gasteiger partial charge in [-0.3, -0.25) is 9.48 Å². The summed E-state index contributed by atoms with van der Waals surface area (Å²) in [5.41, 5.74) is 3.01. The number of aromatic nitrogens is 2. The first kappa shape index (κ1) is 16.5. The second-order valence-electron chi connectivity index (χ2n) is 6.28. The van der Waals surface area contributed by atoms with E-state index in [0.717, 1.165) is 43.0 Å². The zero-order valence-electron chi connectivity index (χ0n) is 14.2. The molecule has 0 aliphatic carbocycles. The molecule has 1 aliphatic rings. The maximum atomic E-state index is 14.2. The minimum absolute atomic E-state index is 0.201. The molecule has 0 saturated carbocycles. The van der Waals surface area contributed by atoms with Crippen molar-refractivity contribution in [1.29, 1.82) is 0 Å². The maximum Gasteiger partial charge on any atom is 0.226 e. The summed E-state index contributed by atoms with van der Waals surface area (Å²) in [6.07, 6.45) is 2.46. The number of carbonyl (C=O) groups excluding carboxylic acids is 1. The van der Waals surface area contributed by atoms with Gasteiger partial charge >= 0.3 is 0 Å². The highest BCUT2D eigenvalue weighted by Gasteiger charge is 2.19. The van der Waals surface area contributed by atoms with Crippen molar-refractivity contribution in [1.82, 2.24) is 9.78 Å². The predicted molar refractivity (Wildman–Crippen MR) is 92.8 cm³/mol. The molecule has 128 valence electrons. The number of halogens is 1. The molecule has 3 rings (SSSR count). The van der Waals surface area contributed by atoms with Crippen LogP contribution in [0.4, 0.5) is 15.8 Å². The number of aryl methyl sites for hydroxylation is 3. The van der Waals surface area contributed by atoms with Crippen LogP contribution in [-0.2, 0) is 11.3 Å². The molecule has 2 heterocycles. The molecule has 1 aliphatic heterocycles. The van der Waals surface area contributed by atoms with E-state index in [1.165, 1.54) is 6.07 Å². The fourth-order valence-electron chi connectivity index (χ4n) is 3.17. The number of nitrogens with one attached hydrogen (secondary N) is 1. The highest BCUT2D eigenvalue weighted by molar-refractivity contribution is 5.94. The fraction of sp³-hybridized carbons (Fsp3) is 0.444. The van der Waals surface area contributed by atoms with E-state index < -0.39 is 0 Å². The Morgan fingerprint density at radius 2 is 2.04 bits per heavy atom. The average Bonchev–Trinajstić information content (AvgIpc) is 3.17. The van der Waals surface area contributed by atoms with Crippen LogP contribution in [0.15, 0.2) is 24.3 Å². The van der Waals surface area contributed by atoms with E-state index in [2.05, 4.69) is 15.3 Å². The fourth-order valence-corrected chi connectivity index (χ4v) is 3.17. The summed E-state index contributed by atoms with van der Waals surface area (Å²) < 4.78 is 16.0. The Morgan fingerprint density at radius 3 is 2.71 bits per heavy atom. The Balaban J connectivity index is 1.68. The Morgan fingerprint density at radius 1 is 1.29 bits per heavy atom. The van der Waals surface area contributed by atoms with Crippen LogP contribution in [0.25, 0.3) is 0 Å². The van der Waals surface area contributed by atoms with Crippen molar-refractivity contribution in [2.24, 2.45) is 0 Å². The number of hydrogen-bond donors (Lipinski definition) is 1. The van der Waals surface area contributed by atoms with Gasteiger partial charge in [-0.15, -0.1) is 0 Å². The van der Waals surface area contributed by atoms with Crippen molar-refractivity contribution < 1.29 is 9.18 Å². The number of carbonyl (C=O) groups is 1. The van der Waals surface area contributed by atoms with Gasteiger partial charge in [0.05, 0.1) is 11.4 Å². The minimum Gasteiger partial charge on any atom is -0.370 e. The van der Waals surface area contributed by atoms with E-state index in [-0.39, 0.29) is 23.8 Å². The molecule has 1 amide bonds. The summed E-state index contributed by atoms with van der Waals surface area (Å²) in [7, 11) is 0. The molecule has 2 aromatic rings. The largest absolute Gasteiger partial charge is 0.370 e. The molecule has 0 radical (unpaired) electrons. The maximum absolute atomic E-state index is 14.2. The van der Waals surface area contributed by atoms with Crippen molar-refractivity contribution in [3.05, 3.63) is 41.5 Å². The molecule has 1 fully saturated rings. The molecule has 24 heavy (non-hydrogen) atoms. The molecule has 1 N–H and O–H groups in total. The number of rotatable bonds is 5. The standard InChI is InChI=1S/C18H23FN4O/c1-13-12-14(2)23(21-13)11-8-17(24)20-18-15(19)6-5-7-16(18)22-9-3-4-10-22/h5-7,12H,3-4,8-11H2,1-2H3,(H,20,24). The van der Waals surface area contributed by atoms with Crippen LogP contribution >= 0.6 is 0 Å². The first-order chi connectivity index (χ1) is 11.5. The number of para-hydroxylation sites is 1. The molecule has 0 spiro atoms. The summed E-state index contributed by atoms with van der Waals surface area (Å²) in [5.74, 6) is -0.591. The van der Waals surface area contributed by atoms with Gasteiger partial charge in [0.1, 0.15) is 11.5 Å². The Labute approximate surface area is 141 Å². The van der Waals surface area contributed by atoms with Gasteiger partial charge in [0, 0.05) is 31.7 Å². The van der Waals surface area contributed by atoms with Crippen LogP contribution in [0.3, 0.4) is 0 Å². The van der Waals surface area contributed by atoms with Crippen molar-refractivity contribution in [2.45, 2.75) is 39.7 Å². The lowest BCUT2D eigenvalue weighted by atomic mass is 10.2. The third-order valence-corrected chi connectivity index (χ3v) is 4.36. The zero-order valence-corrected chi connectivity index (χ0v) is 14.2. The normalized spacial score (nSPS) is 14.2. The van der Waals surface area contributed by atoms with Crippen LogP contribution in [0, 0.1) is 19.7 Å². The molecule has 1 saturated heterocycles. The lowest BCUT2D eigenvalue weighted by Crippen LogP contribution is -2.22. The van der Waals surface area contributed by atoms with Gasteiger partial charge in [0.2, 0.25) is 5.91 Å². The van der Waals surface area contributed by atoms with E-state index in [4.69, 9.17) is 0 Å². The summed E-state index contributed by atoms with van der Waals surface area (Å²) in [5, 5.41) is 7.10. The van der Waals surface area contributed by atoms with Gasteiger partial charge in [0.25, 0.3) is 0 Å². The van der Waals surface area contributed by atoms with E-state index in [0.29, 0.717) is 6.54 Å². The van der Waals surface area contributed by atoms with E-state index in [1.54, 1.807) is 10.7 Å². The summed E-state index contributed by atoms with van der Waals surface area (Å²) in [4.78, 5) is 14.4. The molecular weight excluding hydrogens is 307 g/mol. The Hall–Kier alpha value is -2.37. The lowest BCUT2D eigenvalue weighted by Gasteiger charge is -2.22. The smallest absolute Gasteiger partial charge is 0.226 e. The third-order valence-electron chi connectivity index (χ3n) is 4.36. The molecular formula is C18H23FN4O. The van der Waals surface area contributed by atoms with Crippen molar-refractivity contribution in [3.8, 4) is 0 Å². The average molecular weight is 330 g/mol. The number of nitrogens with zero attached hydrogens (tertiary/aromatic N) is 3. The SMILES string of the molecule is Cc1cc(C)n(CCC(=O)Nc2c(F)cccc2N2CCCC2)n1. The Bertz CT molecular complexity index is 735. The number of benzene rings is 1. The van der Waals surface area contributed by atoms with Gasteiger partial charge in [-0.25, -0.2) is 4.39 Å². The summed E-state index contributed by atoms with van der Waals surface area (Å²) >= 11 is 0. The van der Waals surface area contributed by atoms with E-state index >= 15 is 0 Å². The number of amides is 1. The quantitative estimate of drug-likeness (QED) is 0.915. The summed E-state index contributed by atoms with van der Waals surface area (Å²) in [6, 6.07) is 6.91. The first-order valence-corrected chi connectivity index (χ1v) is 8.39. The first-order valence-electron chi connectivity index (χ1n) is 8.39. The second kappa shape index (κ2) is 7.03. The lowest BCUT2D eigenvalue weighted by molar-refractivity contribution is -0.116. The topological polar surface area (TPSA) is 50.2 Å². The van der Waals surface area contributed by atoms with Gasteiger partial charge in [-0.05, 0) is 44.9 Å². The van der Waals surface area contributed by atoms with Gasteiger partial charge in [-0.2, -0.15) is 5.10 Å². The number of hydrogen-bond acceptors (Lipinski definition) is 3. The third kappa shape index (κ3) is 3.58. The van der Waals surface area contributed by atoms with Gasteiger partial charge in [0.15, 0.2) is 0 Å². The predicted octanol–water partition coefficient (Wildman–Crippen LogP) is 3.27. The molecule has 0 unspecified atom stereocenters. The monoisotopic (exact) mass is 330 g/mol. The second-order valence-corrected chi connectivity index (χ2v) is 6.28.